The predicted octanol–water partition coefficient (Wildman–Crippen LogP) is 2.12. The van der Waals surface area contributed by atoms with Gasteiger partial charge in [-0.2, -0.15) is 18.3 Å². The third-order valence-corrected chi connectivity index (χ3v) is 4.06. The van der Waals surface area contributed by atoms with Crippen molar-refractivity contribution >= 4 is 23.3 Å². The molecule has 0 spiro atoms. The molecular weight excluding hydrogens is 413 g/mol. The molecule has 1 amide bonds. The van der Waals surface area contributed by atoms with E-state index in [1.165, 1.54) is 14.0 Å². The Kier molecular flexibility index (Phi) is 6.23. The zero-order valence-corrected chi connectivity index (χ0v) is 15.9. The van der Waals surface area contributed by atoms with Gasteiger partial charge in [0.2, 0.25) is 0 Å². The number of hydrogen-bond donors (Lipinski definition) is 1. The van der Waals surface area contributed by atoms with E-state index in [0.29, 0.717) is 11.8 Å². The van der Waals surface area contributed by atoms with E-state index < -0.39 is 52.1 Å². The highest BCUT2D eigenvalue weighted by molar-refractivity contribution is 5.96. The van der Waals surface area contributed by atoms with Crippen LogP contribution >= 0.6 is 0 Å². The maximum absolute atomic E-state index is 13.1. The predicted molar refractivity (Wildman–Crippen MR) is 96.0 cm³/mol. The van der Waals surface area contributed by atoms with Gasteiger partial charge >= 0.3 is 12.1 Å². The number of hydrogen-bond acceptors (Lipinski definition) is 7. The van der Waals surface area contributed by atoms with Crippen molar-refractivity contribution in [1.82, 2.24) is 9.78 Å². The molecule has 160 valence electrons. The molecule has 0 fully saturated rings. The molecule has 1 aromatic carbocycles. The Labute approximate surface area is 166 Å². The molecule has 1 aromatic heterocycles. The number of nitro benzene ring substituents is 1. The second-order valence-electron chi connectivity index (χ2n) is 6.12. The molecule has 1 N–H and O–H groups in total. The molecule has 0 atom stereocenters. The number of non-ortho nitro benzene ring substituents is 1. The van der Waals surface area contributed by atoms with Crippen LogP contribution in [-0.4, -0.2) is 33.2 Å². The first-order chi connectivity index (χ1) is 13.8. The van der Waals surface area contributed by atoms with Crippen molar-refractivity contribution in [1.29, 1.82) is 0 Å². The van der Waals surface area contributed by atoms with Crippen LogP contribution in [0.15, 0.2) is 23.0 Å². The summed E-state index contributed by atoms with van der Waals surface area (Å²) in [6, 6.07) is 1.77. The highest BCUT2D eigenvalue weighted by Crippen LogP contribution is 2.37. The molecule has 0 saturated heterocycles. The van der Waals surface area contributed by atoms with E-state index in [9.17, 15) is 37.7 Å². The van der Waals surface area contributed by atoms with Gasteiger partial charge in [0, 0.05) is 19.2 Å². The van der Waals surface area contributed by atoms with Gasteiger partial charge in [0.05, 0.1) is 21.9 Å². The van der Waals surface area contributed by atoms with Crippen molar-refractivity contribution < 1.29 is 32.4 Å². The van der Waals surface area contributed by atoms with E-state index >= 15 is 0 Å². The minimum atomic E-state index is -4.98. The van der Waals surface area contributed by atoms with Gasteiger partial charge in [-0.25, -0.2) is 9.48 Å². The number of amides is 1. The molecule has 0 unspecified atom stereocenters. The number of alkyl halides is 3. The molecule has 0 radical (unpaired) electrons. The fraction of sp³-hybridized carbons (Fsp3) is 0.294. The smallest absolute Gasteiger partial charge is 0.418 e. The Hall–Kier alpha value is -3.77. The third-order valence-electron chi connectivity index (χ3n) is 4.06. The number of anilines is 1. The lowest BCUT2D eigenvalue weighted by atomic mass is 10.1. The molecule has 0 bridgehead atoms. The first-order valence-corrected chi connectivity index (χ1v) is 8.20. The number of aromatic nitrogens is 2. The lowest BCUT2D eigenvalue weighted by Gasteiger charge is -2.14. The van der Waals surface area contributed by atoms with Crippen LogP contribution in [0.1, 0.15) is 27.2 Å². The van der Waals surface area contributed by atoms with E-state index in [2.05, 4.69) is 5.10 Å². The number of nitrogens with one attached hydrogen (secondary N) is 1. The molecular formula is C17H15F3N4O6. The van der Waals surface area contributed by atoms with Crippen LogP contribution in [0.4, 0.5) is 24.5 Å². The fourth-order valence-corrected chi connectivity index (χ4v) is 2.47. The molecule has 0 aliphatic carbocycles. The number of halogens is 3. The topological polar surface area (TPSA) is 133 Å². The van der Waals surface area contributed by atoms with Crippen molar-refractivity contribution in [3.05, 3.63) is 61.1 Å². The summed E-state index contributed by atoms with van der Waals surface area (Å²) in [5, 5.41) is 16.5. The lowest BCUT2D eigenvalue weighted by molar-refractivity contribution is -0.385. The Morgan fingerprint density at radius 2 is 1.93 bits per heavy atom. The number of ether oxygens (including phenoxy) is 1. The highest BCUT2D eigenvalue weighted by Gasteiger charge is 2.35. The summed E-state index contributed by atoms with van der Waals surface area (Å²) in [6.45, 7) is 2.01. The summed E-state index contributed by atoms with van der Waals surface area (Å²) in [4.78, 5) is 45.9. The number of aryl methyl sites for hydroxylation is 2. The molecule has 0 aliphatic heterocycles. The molecule has 0 saturated carbocycles. The summed E-state index contributed by atoms with van der Waals surface area (Å²) in [7, 11) is 1.31. The van der Waals surface area contributed by atoms with Crippen LogP contribution in [0.2, 0.25) is 0 Å². The van der Waals surface area contributed by atoms with Crippen LogP contribution in [0.3, 0.4) is 0 Å². The Morgan fingerprint density at radius 1 is 1.30 bits per heavy atom. The molecule has 2 aromatic rings. The van der Waals surface area contributed by atoms with Crippen LogP contribution in [-0.2, 0) is 22.8 Å². The average Bonchev–Trinajstić information content (AvgIpc) is 2.64. The van der Waals surface area contributed by atoms with Crippen molar-refractivity contribution in [2.75, 3.05) is 11.9 Å². The second kappa shape index (κ2) is 8.31. The monoisotopic (exact) mass is 428 g/mol. The van der Waals surface area contributed by atoms with Gasteiger partial charge in [-0.3, -0.25) is 19.7 Å². The number of benzene rings is 1. The zero-order valence-electron chi connectivity index (χ0n) is 15.9. The Bertz CT molecular complexity index is 1090. The lowest BCUT2D eigenvalue weighted by Crippen LogP contribution is -2.31. The van der Waals surface area contributed by atoms with Gasteiger partial charge in [-0.1, -0.05) is 0 Å². The largest absolute Gasteiger partial charge is 0.452 e. The van der Waals surface area contributed by atoms with E-state index in [4.69, 9.17) is 4.74 Å². The summed E-state index contributed by atoms with van der Waals surface area (Å²) >= 11 is 0. The minimum Gasteiger partial charge on any atom is -0.452 e. The Balaban J connectivity index is 2.19. The van der Waals surface area contributed by atoms with Gasteiger partial charge in [0.25, 0.3) is 17.2 Å². The molecule has 0 aliphatic rings. The quantitative estimate of drug-likeness (QED) is 0.438. The maximum atomic E-state index is 13.1. The standard InChI is InChI=1S/C17H15F3N4O6/c1-8-9(2)22-23(3)15(26)14(8)16(27)30-7-13(25)21-12-5-4-10(24(28)29)6-11(12)17(18,19)20/h4-6H,7H2,1-3H3,(H,21,25). The van der Waals surface area contributed by atoms with Crippen LogP contribution in [0.25, 0.3) is 0 Å². The highest BCUT2D eigenvalue weighted by atomic mass is 19.4. The first kappa shape index (κ1) is 22.5. The average molecular weight is 428 g/mol. The number of nitrogens with zero attached hydrogens (tertiary/aromatic N) is 3. The zero-order chi connectivity index (χ0) is 22.8. The maximum Gasteiger partial charge on any atom is 0.418 e. The first-order valence-electron chi connectivity index (χ1n) is 8.20. The molecule has 2 rings (SSSR count). The summed E-state index contributed by atoms with van der Waals surface area (Å²) in [6.07, 6.45) is -4.98. The molecule has 10 nitrogen and oxygen atoms in total. The van der Waals surface area contributed by atoms with E-state index in [0.717, 1.165) is 10.7 Å². The molecule has 1 heterocycles. The number of rotatable bonds is 5. The van der Waals surface area contributed by atoms with Crippen LogP contribution in [0.5, 0.6) is 0 Å². The van der Waals surface area contributed by atoms with Crippen molar-refractivity contribution in [3.8, 4) is 0 Å². The SMILES string of the molecule is Cc1nn(C)c(=O)c(C(=O)OCC(=O)Nc2ccc([N+](=O)[O-])cc2C(F)(F)F)c1C. The molecule has 13 heteroatoms. The number of nitro groups is 1. The van der Waals surface area contributed by atoms with Gasteiger partial charge in [-0.05, 0) is 25.5 Å². The van der Waals surface area contributed by atoms with Crippen molar-refractivity contribution in [2.24, 2.45) is 7.05 Å². The Morgan fingerprint density at radius 3 is 2.50 bits per heavy atom. The summed E-state index contributed by atoms with van der Waals surface area (Å²) in [5.41, 5.74) is -3.52. The normalized spacial score (nSPS) is 11.1. The number of esters is 1. The fourth-order valence-electron chi connectivity index (χ4n) is 2.47. The van der Waals surface area contributed by atoms with Crippen molar-refractivity contribution in [2.45, 2.75) is 20.0 Å². The van der Waals surface area contributed by atoms with Gasteiger partial charge in [-0.15, -0.1) is 0 Å². The third kappa shape index (κ3) is 4.79. The van der Waals surface area contributed by atoms with E-state index in [1.807, 2.05) is 5.32 Å². The number of carbonyl (C=O) groups is 2. The van der Waals surface area contributed by atoms with E-state index in [-0.39, 0.29) is 17.2 Å². The van der Waals surface area contributed by atoms with Crippen LogP contribution < -0.4 is 10.9 Å². The van der Waals surface area contributed by atoms with Crippen molar-refractivity contribution in [3.63, 3.8) is 0 Å². The molecule has 30 heavy (non-hydrogen) atoms. The second-order valence-corrected chi connectivity index (χ2v) is 6.12. The summed E-state index contributed by atoms with van der Waals surface area (Å²) in [5.74, 6) is -2.28. The minimum absolute atomic E-state index is 0.234. The van der Waals surface area contributed by atoms with Gasteiger partial charge < -0.3 is 10.1 Å². The van der Waals surface area contributed by atoms with Gasteiger partial charge in [0.1, 0.15) is 5.56 Å². The van der Waals surface area contributed by atoms with Gasteiger partial charge in [0.15, 0.2) is 6.61 Å². The van der Waals surface area contributed by atoms with E-state index in [1.54, 1.807) is 6.92 Å². The number of carbonyl (C=O) groups excluding carboxylic acids is 2. The van der Waals surface area contributed by atoms with Crippen LogP contribution in [0, 0.1) is 24.0 Å². The summed E-state index contributed by atoms with van der Waals surface area (Å²) < 4.78 is 45.1.